The van der Waals surface area contributed by atoms with E-state index < -0.39 is 26.6 Å². The molecule has 2 N–H and O–H groups in total. The number of amides is 1. The first-order chi connectivity index (χ1) is 37.5. The molecule has 0 spiro atoms. The third-order valence-corrected chi connectivity index (χ3v) is 14.3. The fourth-order valence-electron chi connectivity index (χ4n) is 8.52. The molecule has 0 bridgehead atoms. The lowest BCUT2D eigenvalue weighted by atomic mass is 10.0. The van der Waals surface area contributed by atoms with Crippen molar-refractivity contribution in [3.05, 3.63) is 122 Å². The van der Waals surface area contributed by atoms with E-state index in [0.717, 1.165) is 89.9 Å². The molecular weight excluding hydrogens is 972 g/mol. The highest BCUT2D eigenvalue weighted by molar-refractivity contribution is 7.45. The van der Waals surface area contributed by atoms with Crippen LogP contribution in [0.1, 0.15) is 251 Å². The van der Waals surface area contributed by atoms with Crippen LogP contribution in [-0.2, 0) is 18.4 Å². The lowest BCUT2D eigenvalue weighted by Gasteiger charge is -2.29. The summed E-state index contributed by atoms with van der Waals surface area (Å²) in [6.45, 7) is 4.50. The van der Waals surface area contributed by atoms with Gasteiger partial charge in [-0.2, -0.15) is 0 Å². The van der Waals surface area contributed by atoms with E-state index in [-0.39, 0.29) is 12.5 Å². The van der Waals surface area contributed by atoms with Crippen LogP contribution in [0.25, 0.3) is 0 Å². The molecule has 3 unspecified atom stereocenters. The molecule has 0 fully saturated rings. The van der Waals surface area contributed by atoms with Crippen LogP contribution in [0.5, 0.6) is 0 Å². The highest BCUT2D eigenvalue weighted by Gasteiger charge is 2.23. The van der Waals surface area contributed by atoms with Gasteiger partial charge in [0.1, 0.15) is 13.2 Å². The maximum absolute atomic E-state index is 13.0. The largest absolute Gasteiger partial charge is 0.756 e. The van der Waals surface area contributed by atoms with E-state index in [1.165, 1.54) is 141 Å². The van der Waals surface area contributed by atoms with Gasteiger partial charge in [0.15, 0.2) is 0 Å². The number of phosphoric ester groups is 1. The second-order valence-electron chi connectivity index (χ2n) is 22.0. The Bertz CT molecular complexity index is 1670. The van der Waals surface area contributed by atoms with Gasteiger partial charge in [-0.1, -0.05) is 264 Å². The Morgan fingerprint density at radius 2 is 0.805 bits per heavy atom. The number of unbranched alkanes of at least 4 members (excludes halogenated alkanes) is 25. The first kappa shape index (κ1) is 73.9. The topological polar surface area (TPSA) is 108 Å². The van der Waals surface area contributed by atoms with E-state index in [4.69, 9.17) is 9.05 Å². The molecule has 3 atom stereocenters. The summed E-state index contributed by atoms with van der Waals surface area (Å²) in [7, 11) is 1.22. The number of carbonyl (C=O) groups excluding carboxylic acids is 1. The van der Waals surface area contributed by atoms with Crippen molar-refractivity contribution in [2.75, 3.05) is 40.9 Å². The number of aliphatic hydroxyl groups is 1. The van der Waals surface area contributed by atoms with Crippen molar-refractivity contribution in [3.63, 3.8) is 0 Å². The van der Waals surface area contributed by atoms with Crippen LogP contribution in [0.3, 0.4) is 0 Å². The Morgan fingerprint density at radius 1 is 0.468 bits per heavy atom. The number of hydrogen-bond acceptors (Lipinski definition) is 6. The number of rotatable bonds is 56. The van der Waals surface area contributed by atoms with Crippen LogP contribution >= 0.6 is 7.82 Å². The van der Waals surface area contributed by atoms with E-state index in [2.05, 4.69) is 129 Å². The van der Waals surface area contributed by atoms with Crippen molar-refractivity contribution >= 4 is 13.7 Å². The Hall–Kier alpha value is -3.10. The van der Waals surface area contributed by atoms with E-state index in [1.807, 2.05) is 27.2 Å². The SMILES string of the molecule is CC/C=C\C/C=C\C/C=C\C/C=C\C/C=C\C/C=C\C/C=C\CCCCCCCCCCCCCCCC(=O)NC(COP(=O)([O-])OCC[N+](C)(C)C)C(O)/C=C/CC/C=C/CC/C=C/CCCCCCCCCCCC. The lowest BCUT2D eigenvalue weighted by Crippen LogP contribution is -2.45. The summed E-state index contributed by atoms with van der Waals surface area (Å²) < 4.78 is 23.4. The Balaban J connectivity index is 4.18. The fourth-order valence-corrected chi connectivity index (χ4v) is 9.24. The summed E-state index contributed by atoms with van der Waals surface area (Å²) >= 11 is 0. The molecule has 0 aliphatic rings. The number of quaternary nitrogens is 1. The molecule has 0 aromatic carbocycles. The van der Waals surface area contributed by atoms with Crippen molar-refractivity contribution in [2.24, 2.45) is 0 Å². The molecule has 77 heavy (non-hydrogen) atoms. The average Bonchev–Trinajstić information content (AvgIpc) is 3.39. The number of hydrogen-bond donors (Lipinski definition) is 2. The summed E-state index contributed by atoms with van der Waals surface area (Å²) in [4.78, 5) is 25.5. The summed E-state index contributed by atoms with van der Waals surface area (Å²) in [5.74, 6) is -0.216. The zero-order valence-corrected chi connectivity index (χ0v) is 51.3. The molecule has 0 aromatic rings. The van der Waals surface area contributed by atoms with E-state index in [1.54, 1.807) is 6.08 Å². The molecule has 0 rings (SSSR count). The van der Waals surface area contributed by atoms with Crippen LogP contribution in [0.15, 0.2) is 122 Å². The van der Waals surface area contributed by atoms with Gasteiger partial charge in [-0.3, -0.25) is 9.36 Å². The number of carbonyl (C=O) groups is 1. The van der Waals surface area contributed by atoms with Crippen LogP contribution in [0, 0.1) is 0 Å². The number of nitrogens with one attached hydrogen (secondary N) is 1. The van der Waals surface area contributed by atoms with Gasteiger partial charge >= 0.3 is 0 Å². The summed E-state index contributed by atoms with van der Waals surface area (Å²) in [5, 5.41) is 13.9. The molecule has 442 valence electrons. The van der Waals surface area contributed by atoms with Crippen molar-refractivity contribution in [1.82, 2.24) is 5.32 Å². The van der Waals surface area contributed by atoms with Crippen LogP contribution in [0.4, 0.5) is 0 Å². The van der Waals surface area contributed by atoms with Crippen molar-refractivity contribution in [1.29, 1.82) is 0 Å². The molecule has 0 heterocycles. The molecule has 0 saturated heterocycles. The van der Waals surface area contributed by atoms with Gasteiger partial charge in [0.25, 0.3) is 7.82 Å². The van der Waals surface area contributed by atoms with E-state index in [9.17, 15) is 19.4 Å². The van der Waals surface area contributed by atoms with Gasteiger partial charge in [-0.15, -0.1) is 0 Å². The second kappa shape index (κ2) is 57.6. The maximum atomic E-state index is 13.0. The van der Waals surface area contributed by atoms with Gasteiger partial charge in [0.05, 0.1) is 39.9 Å². The van der Waals surface area contributed by atoms with Crippen LogP contribution < -0.4 is 10.2 Å². The first-order valence-corrected chi connectivity index (χ1v) is 32.9. The summed E-state index contributed by atoms with van der Waals surface area (Å²) in [6.07, 6.45) is 85.8. The standard InChI is InChI=1S/C68H119N2O6P/c1-6-8-10-12-14-16-18-20-22-24-26-28-29-30-31-32-33-34-35-36-37-38-39-40-41-42-44-46-48-50-52-54-56-58-60-62-68(72)69-66(65-76-77(73,74)75-64-63-70(3,4)5)67(71)61-59-57-55-53-51-49-47-45-43-27-25-23-21-19-17-15-13-11-9-7-2/h8,10,14,16,20,22,26,28,30-31,33-34,36-37,43,45,51,53,59,61,66-67,71H,6-7,9,11-13,15,17-19,21,23-25,27,29,32,35,38-42,44,46-50,52,54-58,60,62-65H2,1-5H3,(H-,69,72,73,74)/b10-8-,16-14-,22-20-,28-26-,31-30-,34-33-,37-36-,45-43+,53-51+,61-59+. The van der Waals surface area contributed by atoms with Crippen molar-refractivity contribution in [3.8, 4) is 0 Å². The monoisotopic (exact) mass is 1090 g/mol. The molecule has 8 nitrogen and oxygen atoms in total. The highest BCUT2D eigenvalue weighted by atomic mass is 31.2. The highest BCUT2D eigenvalue weighted by Crippen LogP contribution is 2.38. The van der Waals surface area contributed by atoms with E-state index >= 15 is 0 Å². The third-order valence-electron chi connectivity index (χ3n) is 13.4. The lowest BCUT2D eigenvalue weighted by molar-refractivity contribution is -0.870. The minimum atomic E-state index is -4.62. The van der Waals surface area contributed by atoms with Gasteiger partial charge < -0.3 is 28.8 Å². The smallest absolute Gasteiger partial charge is 0.268 e. The molecule has 0 saturated carbocycles. The van der Waals surface area contributed by atoms with E-state index in [0.29, 0.717) is 17.4 Å². The minimum Gasteiger partial charge on any atom is -0.756 e. The van der Waals surface area contributed by atoms with Crippen molar-refractivity contribution < 1.29 is 32.9 Å². The Kier molecular flexibility index (Phi) is 55.3. The van der Waals surface area contributed by atoms with Gasteiger partial charge in [-0.25, -0.2) is 0 Å². The number of likely N-dealkylation sites (N-methyl/N-ethyl adjacent to an activating group) is 1. The number of phosphoric acid groups is 1. The second-order valence-corrected chi connectivity index (χ2v) is 23.4. The predicted octanol–water partition coefficient (Wildman–Crippen LogP) is 19.1. The summed E-state index contributed by atoms with van der Waals surface area (Å²) in [6, 6.07) is -0.919. The minimum absolute atomic E-state index is 0.0141. The predicted molar refractivity (Wildman–Crippen MR) is 334 cm³/mol. The van der Waals surface area contributed by atoms with Gasteiger partial charge in [0, 0.05) is 6.42 Å². The quantitative estimate of drug-likeness (QED) is 0.0272. The molecule has 0 aliphatic carbocycles. The molecule has 0 aliphatic heterocycles. The molecule has 0 aromatic heterocycles. The number of aliphatic hydroxyl groups excluding tert-OH is 1. The Labute approximate surface area is 475 Å². The number of allylic oxidation sites excluding steroid dienone is 19. The van der Waals surface area contributed by atoms with Crippen LogP contribution in [0.2, 0.25) is 0 Å². The number of nitrogens with zero attached hydrogens (tertiary/aromatic N) is 1. The van der Waals surface area contributed by atoms with Gasteiger partial charge in [-0.05, 0) is 103 Å². The molecule has 9 heteroatoms. The molecule has 0 radical (unpaired) electrons. The average molecular weight is 1090 g/mol. The zero-order chi connectivity index (χ0) is 56.3. The van der Waals surface area contributed by atoms with Crippen LogP contribution in [-0.4, -0.2) is 68.5 Å². The first-order valence-electron chi connectivity index (χ1n) is 31.4. The third kappa shape index (κ3) is 60.4. The molecule has 1 amide bonds. The zero-order valence-electron chi connectivity index (χ0n) is 50.4. The molecular formula is C68H119N2O6P. The van der Waals surface area contributed by atoms with Gasteiger partial charge in [0.2, 0.25) is 5.91 Å². The van der Waals surface area contributed by atoms with Crippen molar-refractivity contribution in [2.45, 2.75) is 264 Å². The Morgan fingerprint density at radius 3 is 1.21 bits per heavy atom. The summed E-state index contributed by atoms with van der Waals surface area (Å²) in [5.41, 5.74) is 0. The maximum Gasteiger partial charge on any atom is 0.268 e. The normalized spacial score (nSPS) is 14.6. The fraction of sp³-hybridized carbons (Fsp3) is 0.691.